The molecule has 1 aromatic heterocycles. The molecule has 0 aliphatic carbocycles. The fourth-order valence-electron chi connectivity index (χ4n) is 1.93. The molecule has 1 aliphatic heterocycles. The minimum absolute atomic E-state index is 0.0640. The smallest absolute Gasteiger partial charge is 0.224 e. The Balaban J connectivity index is 2.40. The average Bonchev–Trinajstić information content (AvgIpc) is 2.43. The highest BCUT2D eigenvalue weighted by molar-refractivity contribution is 9.11. The van der Waals surface area contributed by atoms with E-state index in [0.29, 0.717) is 6.42 Å². The second kappa shape index (κ2) is 4.43. The van der Waals surface area contributed by atoms with E-state index in [-0.39, 0.29) is 18.0 Å². The van der Waals surface area contributed by atoms with Gasteiger partial charge in [-0.15, -0.1) is 0 Å². The van der Waals surface area contributed by atoms with E-state index in [0.717, 1.165) is 14.6 Å². The van der Waals surface area contributed by atoms with Crippen LogP contribution in [0.2, 0.25) is 0 Å². The second-order valence-corrected chi connectivity index (χ2v) is 5.61. The fourth-order valence-corrected chi connectivity index (χ4v) is 3.15. The van der Waals surface area contributed by atoms with E-state index in [9.17, 15) is 4.79 Å². The lowest BCUT2D eigenvalue weighted by Crippen LogP contribution is -2.31. The zero-order chi connectivity index (χ0) is 11.9. The molecule has 0 aromatic carbocycles. The molecule has 2 unspecified atom stereocenters. The van der Waals surface area contributed by atoms with Gasteiger partial charge >= 0.3 is 0 Å². The van der Waals surface area contributed by atoms with E-state index in [1.165, 1.54) is 0 Å². The standard InChI is InChI=1S/C10H11Br2N3O/c1-15-8(16)3-7(13)10(15)9-6(12)2-5(11)4-14-9/h2,4,7,10H,3,13H2,1H3. The molecule has 1 aliphatic rings. The molecule has 0 saturated carbocycles. The van der Waals surface area contributed by atoms with E-state index in [2.05, 4.69) is 36.8 Å². The summed E-state index contributed by atoms with van der Waals surface area (Å²) in [6, 6.07) is 1.57. The molecular weight excluding hydrogens is 338 g/mol. The van der Waals surface area contributed by atoms with Gasteiger partial charge in [-0.05, 0) is 37.9 Å². The number of hydrogen-bond donors (Lipinski definition) is 1. The van der Waals surface area contributed by atoms with Gasteiger partial charge in [0.15, 0.2) is 0 Å². The van der Waals surface area contributed by atoms with Gasteiger partial charge in [0.2, 0.25) is 5.91 Å². The number of nitrogens with zero attached hydrogens (tertiary/aromatic N) is 2. The molecule has 1 amide bonds. The Kier molecular flexibility index (Phi) is 3.32. The minimum atomic E-state index is -0.192. The van der Waals surface area contributed by atoms with Crippen molar-refractivity contribution < 1.29 is 4.79 Å². The number of likely N-dealkylation sites (tertiary alicyclic amines) is 1. The first-order chi connectivity index (χ1) is 7.50. The molecule has 86 valence electrons. The van der Waals surface area contributed by atoms with Crippen molar-refractivity contribution in [2.75, 3.05) is 7.05 Å². The number of rotatable bonds is 1. The first-order valence-corrected chi connectivity index (χ1v) is 6.41. The number of amides is 1. The third-order valence-electron chi connectivity index (χ3n) is 2.74. The van der Waals surface area contributed by atoms with Gasteiger partial charge in [-0.2, -0.15) is 0 Å². The van der Waals surface area contributed by atoms with Crippen molar-refractivity contribution in [1.82, 2.24) is 9.88 Å². The van der Waals surface area contributed by atoms with Crippen LogP contribution in [0.25, 0.3) is 0 Å². The summed E-state index contributed by atoms with van der Waals surface area (Å²) in [7, 11) is 1.76. The molecular formula is C10H11Br2N3O. The number of carbonyl (C=O) groups excluding carboxylic acids is 1. The lowest BCUT2D eigenvalue weighted by molar-refractivity contribution is -0.127. The third-order valence-corrected chi connectivity index (χ3v) is 3.81. The number of pyridine rings is 1. The summed E-state index contributed by atoms with van der Waals surface area (Å²) >= 11 is 6.79. The fraction of sp³-hybridized carbons (Fsp3) is 0.400. The van der Waals surface area contributed by atoms with Crippen molar-refractivity contribution >= 4 is 37.8 Å². The molecule has 6 heteroatoms. The second-order valence-electron chi connectivity index (χ2n) is 3.84. The Hall–Kier alpha value is -0.460. The van der Waals surface area contributed by atoms with Gasteiger partial charge in [-0.3, -0.25) is 9.78 Å². The topological polar surface area (TPSA) is 59.2 Å². The summed E-state index contributed by atoms with van der Waals surface area (Å²) < 4.78 is 1.76. The van der Waals surface area contributed by atoms with Gasteiger partial charge in [0.25, 0.3) is 0 Å². The van der Waals surface area contributed by atoms with Gasteiger partial charge in [0.05, 0.1) is 11.7 Å². The highest BCUT2D eigenvalue weighted by Crippen LogP contribution is 2.34. The molecule has 2 rings (SSSR count). The van der Waals surface area contributed by atoms with E-state index in [1.54, 1.807) is 18.1 Å². The molecule has 0 spiro atoms. The maximum absolute atomic E-state index is 11.5. The largest absolute Gasteiger partial charge is 0.335 e. The number of halogens is 2. The molecule has 2 heterocycles. The average molecular weight is 349 g/mol. The van der Waals surface area contributed by atoms with Crippen molar-refractivity contribution in [1.29, 1.82) is 0 Å². The van der Waals surface area contributed by atoms with Crippen molar-refractivity contribution in [2.45, 2.75) is 18.5 Å². The number of carbonyl (C=O) groups is 1. The van der Waals surface area contributed by atoms with Gasteiger partial charge in [0.1, 0.15) is 0 Å². The van der Waals surface area contributed by atoms with E-state index < -0.39 is 0 Å². The molecule has 0 bridgehead atoms. The zero-order valence-electron chi connectivity index (χ0n) is 8.65. The van der Waals surface area contributed by atoms with Gasteiger partial charge in [-0.25, -0.2) is 0 Å². The SMILES string of the molecule is CN1C(=O)CC(N)C1c1ncc(Br)cc1Br. The Bertz CT molecular complexity index is 438. The molecule has 1 saturated heterocycles. The number of aromatic nitrogens is 1. The Morgan fingerprint density at radius 3 is 2.75 bits per heavy atom. The van der Waals surface area contributed by atoms with Crippen LogP contribution in [0.3, 0.4) is 0 Å². The van der Waals surface area contributed by atoms with E-state index in [1.807, 2.05) is 6.07 Å². The minimum Gasteiger partial charge on any atom is -0.335 e. The highest BCUT2D eigenvalue weighted by Gasteiger charge is 2.38. The molecule has 1 fully saturated rings. The lowest BCUT2D eigenvalue weighted by Gasteiger charge is -2.23. The molecule has 4 nitrogen and oxygen atoms in total. The molecule has 16 heavy (non-hydrogen) atoms. The maximum atomic E-state index is 11.5. The van der Waals surface area contributed by atoms with Gasteiger partial charge in [0, 0.05) is 34.7 Å². The van der Waals surface area contributed by atoms with Crippen LogP contribution < -0.4 is 5.73 Å². The van der Waals surface area contributed by atoms with Gasteiger partial charge < -0.3 is 10.6 Å². The first-order valence-electron chi connectivity index (χ1n) is 4.83. The van der Waals surface area contributed by atoms with Crippen LogP contribution >= 0.6 is 31.9 Å². The quantitative estimate of drug-likeness (QED) is 0.842. The number of hydrogen-bond acceptors (Lipinski definition) is 3. The summed E-state index contributed by atoms with van der Waals surface area (Å²) in [5.74, 6) is 0.0640. The summed E-state index contributed by atoms with van der Waals surface area (Å²) in [6.45, 7) is 0. The van der Waals surface area contributed by atoms with E-state index >= 15 is 0 Å². The van der Waals surface area contributed by atoms with Crippen LogP contribution in [0, 0.1) is 0 Å². The van der Waals surface area contributed by atoms with Crippen molar-refractivity contribution in [3.8, 4) is 0 Å². The molecule has 1 aromatic rings. The summed E-state index contributed by atoms with van der Waals surface area (Å²) in [5.41, 5.74) is 6.77. The van der Waals surface area contributed by atoms with Crippen molar-refractivity contribution in [3.05, 3.63) is 26.9 Å². The summed E-state index contributed by atoms with van der Waals surface area (Å²) in [6.07, 6.45) is 2.09. The lowest BCUT2D eigenvalue weighted by atomic mass is 10.1. The summed E-state index contributed by atoms with van der Waals surface area (Å²) in [5, 5.41) is 0. The van der Waals surface area contributed by atoms with Crippen LogP contribution in [0.15, 0.2) is 21.2 Å². The zero-order valence-corrected chi connectivity index (χ0v) is 11.8. The van der Waals surface area contributed by atoms with Crippen LogP contribution in [0.1, 0.15) is 18.2 Å². The normalized spacial score (nSPS) is 25.2. The Morgan fingerprint density at radius 2 is 2.25 bits per heavy atom. The van der Waals surface area contributed by atoms with E-state index in [4.69, 9.17) is 5.73 Å². The predicted molar refractivity (Wildman–Crippen MR) is 67.7 cm³/mol. The van der Waals surface area contributed by atoms with Crippen molar-refractivity contribution in [3.63, 3.8) is 0 Å². The maximum Gasteiger partial charge on any atom is 0.224 e. The summed E-state index contributed by atoms with van der Waals surface area (Å²) in [4.78, 5) is 17.5. The monoisotopic (exact) mass is 347 g/mol. The van der Waals surface area contributed by atoms with Crippen LogP contribution in [-0.4, -0.2) is 28.9 Å². The van der Waals surface area contributed by atoms with Crippen LogP contribution in [0.5, 0.6) is 0 Å². The van der Waals surface area contributed by atoms with Crippen LogP contribution in [-0.2, 0) is 4.79 Å². The first kappa shape index (κ1) is 12.0. The number of nitrogens with two attached hydrogens (primary N) is 1. The van der Waals surface area contributed by atoms with Crippen LogP contribution in [0.4, 0.5) is 0 Å². The number of likely N-dealkylation sites (N-methyl/N-ethyl adjacent to an activating group) is 1. The van der Waals surface area contributed by atoms with Gasteiger partial charge in [-0.1, -0.05) is 0 Å². The molecule has 0 radical (unpaired) electrons. The Labute approximate surface area is 110 Å². The molecule has 2 N–H and O–H groups in total. The Morgan fingerprint density at radius 1 is 1.56 bits per heavy atom. The van der Waals surface area contributed by atoms with Crippen molar-refractivity contribution in [2.24, 2.45) is 5.73 Å². The third kappa shape index (κ3) is 2.01. The highest BCUT2D eigenvalue weighted by atomic mass is 79.9. The predicted octanol–water partition coefficient (Wildman–Crippen LogP) is 1.84. The molecule has 2 atom stereocenters.